The molecule has 0 aromatic heterocycles. The Kier molecular flexibility index (Phi) is 2.74. The summed E-state index contributed by atoms with van der Waals surface area (Å²) in [6, 6.07) is 5.23. The number of hydrogen-bond acceptors (Lipinski definition) is 4. The van der Waals surface area contributed by atoms with Crippen molar-refractivity contribution in [1.82, 2.24) is 5.32 Å². The first-order valence-electron chi connectivity index (χ1n) is 5.94. The number of rotatable bonds is 1. The van der Waals surface area contributed by atoms with Crippen molar-refractivity contribution >= 4 is 5.69 Å². The van der Waals surface area contributed by atoms with Gasteiger partial charge in [-0.05, 0) is 12.1 Å². The van der Waals surface area contributed by atoms with Crippen LogP contribution in [0.25, 0.3) is 0 Å². The van der Waals surface area contributed by atoms with Crippen molar-refractivity contribution in [2.24, 2.45) is 0 Å². The van der Waals surface area contributed by atoms with Crippen LogP contribution >= 0.6 is 0 Å². The van der Waals surface area contributed by atoms with Gasteiger partial charge in [-0.15, -0.1) is 0 Å². The molecule has 1 N–H and O–H groups in total. The number of fused-ring (bicyclic) bond motifs is 1. The Hall–Kier alpha value is -1.56. The molecular weight excluding hydrogens is 242 g/mol. The van der Waals surface area contributed by atoms with E-state index in [1.54, 1.807) is 18.2 Å². The second-order valence-electron chi connectivity index (χ2n) is 4.37. The summed E-state index contributed by atoms with van der Waals surface area (Å²) in [5.74, 6) is 0.535. The summed E-state index contributed by atoms with van der Waals surface area (Å²) in [6.45, 7) is 2.48. The molecule has 3 rings (SSSR count). The number of para-hydroxylation sites is 1. The van der Waals surface area contributed by atoms with E-state index in [1.807, 2.05) is 4.90 Å². The fraction of sp³-hybridized carbons (Fsp3) is 0.500. The van der Waals surface area contributed by atoms with Crippen LogP contribution in [0.15, 0.2) is 18.2 Å². The highest BCUT2D eigenvalue weighted by Crippen LogP contribution is 2.43. The molecule has 0 atom stereocenters. The Morgan fingerprint density at radius 3 is 2.78 bits per heavy atom. The van der Waals surface area contributed by atoms with E-state index in [-0.39, 0.29) is 5.75 Å². The molecular formula is C12H14F2N2O2. The Balaban J connectivity index is 1.95. The van der Waals surface area contributed by atoms with Crippen LogP contribution in [-0.2, 0) is 0 Å². The van der Waals surface area contributed by atoms with E-state index in [9.17, 15) is 8.78 Å². The van der Waals surface area contributed by atoms with Crippen LogP contribution in [0.5, 0.6) is 11.5 Å². The summed E-state index contributed by atoms with van der Waals surface area (Å²) in [5.41, 5.74) is 0.674. The maximum absolute atomic E-state index is 13.3. The first kappa shape index (κ1) is 11.5. The number of nitrogens with zero attached hydrogens (tertiary/aromatic N) is 1. The molecule has 0 radical (unpaired) electrons. The Morgan fingerprint density at radius 2 is 2.00 bits per heavy atom. The van der Waals surface area contributed by atoms with Gasteiger partial charge in [0.05, 0.1) is 5.69 Å². The second kappa shape index (κ2) is 4.28. The Labute approximate surface area is 103 Å². The van der Waals surface area contributed by atoms with Crippen LogP contribution < -0.4 is 19.7 Å². The van der Waals surface area contributed by atoms with E-state index in [4.69, 9.17) is 9.47 Å². The largest absolute Gasteiger partial charge is 0.479 e. The molecule has 1 aromatic carbocycles. The minimum absolute atomic E-state index is 0.149. The fourth-order valence-electron chi connectivity index (χ4n) is 2.22. The summed E-state index contributed by atoms with van der Waals surface area (Å²) in [7, 11) is 0. The average molecular weight is 256 g/mol. The lowest BCUT2D eigenvalue weighted by Gasteiger charge is -2.34. The van der Waals surface area contributed by atoms with Crippen LogP contribution in [0.4, 0.5) is 14.5 Å². The normalized spacial score (nSPS) is 21.8. The summed E-state index contributed by atoms with van der Waals surface area (Å²) in [4.78, 5) is 2.03. The third kappa shape index (κ3) is 2.08. The van der Waals surface area contributed by atoms with E-state index >= 15 is 0 Å². The number of nitrogens with one attached hydrogen (secondary N) is 1. The minimum Gasteiger partial charge on any atom is -0.479 e. The highest BCUT2D eigenvalue weighted by molar-refractivity contribution is 5.65. The van der Waals surface area contributed by atoms with Gasteiger partial charge in [0.2, 0.25) is 0 Å². The van der Waals surface area contributed by atoms with Crippen LogP contribution in [0, 0.1) is 0 Å². The molecule has 0 spiro atoms. The lowest BCUT2D eigenvalue weighted by molar-refractivity contribution is -0.208. The molecule has 0 bridgehead atoms. The molecule has 1 aromatic rings. The topological polar surface area (TPSA) is 33.7 Å². The van der Waals surface area contributed by atoms with Crippen molar-refractivity contribution in [3.8, 4) is 11.5 Å². The summed E-state index contributed by atoms with van der Waals surface area (Å²) in [6.07, 6.45) is -3.25. The minimum atomic E-state index is -3.25. The maximum Gasteiger partial charge on any atom is 0.433 e. The second-order valence-corrected chi connectivity index (χ2v) is 4.37. The van der Waals surface area contributed by atoms with Gasteiger partial charge >= 0.3 is 6.11 Å². The molecule has 0 aliphatic carbocycles. The number of halogens is 2. The number of anilines is 1. The van der Waals surface area contributed by atoms with Crippen molar-refractivity contribution in [2.45, 2.75) is 6.11 Å². The van der Waals surface area contributed by atoms with E-state index in [0.717, 1.165) is 26.2 Å². The van der Waals surface area contributed by atoms with Crippen molar-refractivity contribution in [1.29, 1.82) is 0 Å². The molecule has 0 amide bonds. The van der Waals surface area contributed by atoms with Gasteiger partial charge in [-0.3, -0.25) is 0 Å². The van der Waals surface area contributed by atoms with Crippen LogP contribution in [0.1, 0.15) is 0 Å². The van der Waals surface area contributed by atoms with Gasteiger partial charge in [-0.1, -0.05) is 6.07 Å². The van der Waals surface area contributed by atoms with Crippen molar-refractivity contribution in [3.63, 3.8) is 0 Å². The van der Waals surface area contributed by atoms with Crippen molar-refractivity contribution < 1.29 is 18.3 Å². The van der Waals surface area contributed by atoms with E-state index in [1.165, 1.54) is 0 Å². The third-order valence-corrected chi connectivity index (χ3v) is 3.06. The molecule has 18 heavy (non-hydrogen) atoms. The van der Waals surface area contributed by atoms with Gasteiger partial charge in [-0.2, -0.15) is 8.78 Å². The first-order valence-corrected chi connectivity index (χ1v) is 5.94. The highest BCUT2D eigenvalue weighted by Gasteiger charge is 2.39. The zero-order valence-corrected chi connectivity index (χ0v) is 9.79. The number of ether oxygens (including phenoxy) is 2. The molecule has 1 saturated heterocycles. The van der Waals surface area contributed by atoms with Crippen LogP contribution in [-0.4, -0.2) is 38.9 Å². The van der Waals surface area contributed by atoms with Gasteiger partial charge in [0, 0.05) is 26.2 Å². The van der Waals surface area contributed by atoms with Gasteiger partial charge in [0.15, 0.2) is 18.1 Å². The van der Waals surface area contributed by atoms with Crippen molar-refractivity contribution in [2.75, 3.05) is 37.7 Å². The standard InChI is InChI=1S/C12H14F2N2O2/c13-12(14)8-17-10-3-1-2-9(11(10)18-12)16-6-4-15-5-7-16/h1-3,15H,4-8H2. The molecule has 4 nitrogen and oxygen atoms in total. The lowest BCUT2D eigenvalue weighted by Crippen LogP contribution is -2.44. The van der Waals surface area contributed by atoms with Crippen LogP contribution in [0.3, 0.4) is 0 Å². The summed E-state index contributed by atoms with van der Waals surface area (Å²) in [5, 5.41) is 3.22. The molecule has 2 aliphatic heterocycles. The summed E-state index contributed by atoms with van der Waals surface area (Å²) >= 11 is 0. The molecule has 2 heterocycles. The number of alkyl halides is 2. The predicted octanol–water partition coefficient (Wildman–Crippen LogP) is 1.46. The van der Waals surface area contributed by atoms with E-state index in [2.05, 4.69) is 5.32 Å². The third-order valence-electron chi connectivity index (χ3n) is 3.06. The molecule has 0 saturated carbocycles. The van der Waals surface area contributed by atoms with E-state index in [0.29, 0.717) is 11.4 Å². The molecule has 98 valence electrons. The smallest absolute Gasteiger partial charge is 0.433 e. The average Bonchev–Trinajstić information content (AvgIpc) is 2.38. The van der Waals surface area contributed by atoms with Gasteiger partial charge < -0.3 is 19.7 Å². The molecule has 0 unspecified atom stereocenters. The molecule has 2 aliphatic rings. The number of hydrogen-bond donors (Lipinski definition) is 1. The van der Waals surface area contributed by atoms with Gasteiger partial charge in [0.25, 0.3) is 0 Å². The highest BCUT2D eigenvalue weighted by atomic mass is 19.3. The van der Waals surface area contributed by atoms with Gasteiger partial charge in [-0.25, -0.2) is 0 Å². The number of piperazine rings is 1. The Morgan fingerprint density at radius 1 is 1.22 bits per heavy atom. The zero-order valence-electron chi connectivity index (χ0n) is 9.79. The first-order chi connectivity index (χ1) is 8.66. The monoisotopic (exact) mass is 256 g/mol. The Bertz CT molecular complexity index is 448. The lowest BCUT2D eigenvalue weighted by atomic mass is 10.2. The zero-order chi connectivity index (χ0) is 12.6. The SMILES string of the molecule is FC1(F)COc2cccc(N3CCNCC3)c2O1. The van der Waals surface area contributed by atoms with E-state index < -0.39 is 12.7 Å². The number of benzene rings is 1. The molecule has 6 heteroatoms. The predicted molar refractivity (Wildman–Crippen MR) is 62.6 cm³/mol. The fourth-order valence-corrected chi connectivity index (χ4v) is 2.22. The molecule has 1 fully saturated rings. The summed E-state index contributed by atoms with van der Waals surface area (Å²) < 4.78 is 36.3. The van der Waals surface area contributed by atoms with Crippen LogP contribution in [0.2, 0.25) is 0 Å². The maximum atomic E-state index is 13.3. The quantitative estimate of drug-likeness (QED) is 0.825. The van der Waals surface area contributed by atoms with Gasteiger partial charge in [0.1, 0.15) is 0 Å². The van der Waals surface area contributed by atoms with Crippen molar-refractivity contribution in [3.05, 3.63) is 18.2 Å².